The molecule has 0 amide bonds. The molecule has 0 bridgehead atoms. The third-order valence-electron chi connectivity index (χ3n) is 2.72. The first kappa shape index (κ1) is 13.1. The van der Waals surface area contributed by atoms with Crippen LogP contribution in [0.3, 0.4) is 0 Å². The molecular formula is C14H15BrN2O. The lowest BCUT2D eigenvalue weighted by Crippen LogP contribution is -2.17. The molecule has 3 nitrogen and oxygen atoms in total. The number of aliphatic hydroxyl groups excluding tert-OH is 1. The SMILES string of the molecule is CN(Cc1ccc(Br)cc1)c1ccc(CO)cn1. The summed E-state index contributed by atoms with van der Waals surface area (Å²) in [5.41, 5.74) is 2.06. The predicted molar refractivity (Wildman–Crippen MR) is 76.4 cm³/mol. The van der Waals surface area contributed by atoms with Crippen LogP contribution in [0.4, 0.5) is 5.82 Å². The second kappa shape index (κ2) is 5.98. The normalized spacial score (nSPS) is 10.4. The largest absolute Gasteiger partial charge is 0.392 e. The monoisotopic (exact) mass is 306 g/mol. The highest BCUT2D eigenvalue weighted by Gasteiger charge is 2.03. The topological polar surface area (TPSA) is 36.4 Å². The van der Waals surface area contributed by atoms with E-state index in [9.17, 15) is 0 Å². The molecule has 0 aliphatic carbocycles. The fraction of sp³-hybridized carbons (Fsp3) is 0.214. The Morgan fingerprint density at radius 2 is 1.78 bits per heavy atom. The lowest BCUT2D eigenvalue weighted by molar-refractivity contribution is 0.281. The minimum absolute atomic E-state index is 0.0315. The van der Waals surface area contributed by atoms with Crippen molar-refractivity contribution in [3.05, 3.63) is 58.2 Å². The average molecular weight is 307 g/mol. The number of hydrogen-bond donors (Lipinski definition) is 1. The van der Waals surface area contributed by atoms with Gasteiger partial charge in [0.2, 0.25) is 0 Å². The van der Waals surface area contributed by atoms with Gasteiger partial charge in [0.15, 0.2) is 0 Å². The molecule has 18 heavy (non-hydrogen) atoms. The van der Waals surface area contributed by atoms with Gasteiger partial charge >= 0.3 is 0 Å². The number of rotatable bonds is 4. The van der Waals surface area contributed by atoms with Crippen molar-refractivity contribution in [2.45, 2.75) is 13.2 Å². The van der Waals surface area contributed by atoms with Crippen molar-refractivity contribution < 1.29 is 5.11 Å². The minimum atomic E-state index is 0.0315. The van der Waals surface area contributed by atoms with Crippen LogP contribution < -0.4 is 4.90 Å². The molecule has 0 spiro atoms. The first-order valence-electron chi connectivity index (χ1n) is 5.70. The molecule has 0 radical (unpaired) electrons. The van der Waals surface area contributed by atoms with Crippen LogP contribution in [-0.4, -0.2) is 17.1 Å². The summed E-state index contributed by atoms with van der Waals surface area (Å²) in [7, 11) is 2.00. The van der Waals surface area contributed by atoms with E-state index in [1.54, 1.807) is 6.20 Å². The lowest BCUT2D eigenvalue weighted by atomic mass is 10.2. The van der Waals surface area contributed by atoms with Gasteiger partial charge in [-0.25, -0.2) is 4.98 Å². The quantitative estimate of drug-likeness (QED) is 0.943. The van der Waals surface area contributed by atoms with Gasteiger partial charge in [-0.2, -0.15) is 0 Å². The molecule has 4 heteroatoms. The van der Waals surface area contributed by atoms with E-state index < -0.39 is 0 Å². The van der Waals surface area contributed by atoms with Crippen molar-refractivity contribution in [2.24, 2.45) is 0 Å². The maximum absolute atomic E-state index is 8.97. The summed E-state index contributed by atoms with van der Waals surface area (Å²) in [6, 6.07) is 12.0. The summed E-state index contributed by atoms with van der Waals surface area (Å²) in [5.74, 6) is 0.898. The molecule has 94 valence electrons. The molecular weight excluding hydrogens is 292 g/mol. The van der Waals surface area contributed by atoms with E-state index in [1.807, 2.05) is 31.3 Å². The van der Waals surface area contributed by atoms with E-state index in [1.165, 1.54) is 5.56 Å². The van der Waals surface area contributed by atoms with Gasteiger partial charge in [-0.1, -0.05) is 34.1 Å². The molecule has 1 aromatic carbocycles. The number of anilines is 1. The van der Waals surface area contributed by atoms with Gasteiger partial charge in [0.05, 0.1) is 6.61 Å². The second-order valence-electron chi connectivity index (χ2n) is 4.17. The summed E-state index contributed by atoms with van der Waals surface area (Å²) < 4.78 is 1.08. The Hall–Kier alpha value is -1.39. The number of nitrogens with zero attached hydrogens (tertiary/aromatic N) is 2. The van der Waals surface area contributed by atoms with Crippen LogP contribution in [0.2, 0.25) is 0 Å². The van der Waals surface area contributed by atoms with Crippen LogP contribution in [-0.2, 0) is 13.2 Å². The second-order valence-corrected chi connectivity index (χ2v) is 5.08. The number of halogens is 1. The first-order chi connectivity index (χ1) is 8.69. The molecule has 2 aromatic rings. The Morgan fingerprint density at radius 3 is 2.33 bits per heavy atom. The summed E-state index contributed by atoms with van der Waals surface area (Å²) >= 11 is 3.42. The highest BCUT2D eigenvalue weighted by Crippen LogP contribution is 2.15. The Balaban J connectivity index is 2.06. The zero-order valence-electron chi connectivity index (χ0n) is 10.2. The highest BCUT2D eigenvalue weighted by molar-refractivity contribution is 9.10. The van der Waals surface area contributed by atoms with Gasteiger partial charge in [0.1, 0.15) is 5.82 Å². The Morgan fingerprint density at radius 1 is 1.11 bits per heavy atom. The molecule has 0 fully saturated rings. The minimum Gasteiger partial charge on any atom is -0.392 e. The molecule has 0 saturated carbocycles. The summed E-state index contributed by atoms with van der Waals surface area (Å²) in [5, 5.41) is 8.97. The molecule has 0 saturated heterocycles. The van der Waals surface area contributed by atoms with Crippen LogP contribution in [0.5, 0.6) is 0 Å². The first-order valence-corrected chi connectivity index (χ1v) is 6.49. The third kappa shape index (κ3) is 3.31. The van der Waals surface area contributed by atoms with Crippen molar-refractivity contribution in [3.63, 3.8) is 0 Å². The van der Waals surface area contributed by atoms with E-state index in [-0.39, 0.29) is 6.61 Å². The van der Waals surface area contributed by atoms with Crippen molar-refractivity contribution in [3.8, 4) is 0 Å². The van der Waals surface area contributed by atoms with E-state index in [2.05, 4.69) is 37.9 Å². The van der Waals surface area contributed by atoms with Gasteiger partial charge in [-0.3, -0.25) is 0 Å². The van der Waals surface area contributed by atoms with Crippen LogP contribution in [0.25, 0.3) is 0 Å². The maximum atomic E-state index is 8.97. The van der Waals surface area contributed by atoms with Crippen LogP contribution in [0.15, 0.2) is 47.1 Å². The van der Waals surface area contributed by atoms with Crippen molar-refractivity contribution in [1.82, 2.24) is 4.98 Å². The summed E-state index contributed by atoms with van der Waals surface area (Å²) in [6.45, 7) is 0.836. The van der Waals surface area contributed by atoms with Gasteiger partial charge in [-0.05, 0) is 29.3 Å². The number of hydrogen-bond acceptors (Lipinski definition) is 3. The Kier molecular flexibility index (Phi) is 4.33. The summed E-state index contributed by atoms with van der Waals surface area (Å²) in [6.07, 6.45) is 1.70. The van der Waals surface area contributed by atoms with Crippen LogP contribution in [0.1, 0.15) is 11.1 Å². The van der Waals surface area contributed by atoms with Crippen molar-refractivity contribution in [2.75, 3.05) is 11.9 Å². The smallest absolute Gasteiger partial charge is 0.128 e. The van der Waals surface area contributed by atoms with Crippen LogP contribution in [0, 0.1) is 0 Å². The number of benzene rings is 1. The van der Waals surface area contributed by atoms with Crippen molar-refractivity contribution in [1.29, 1.82) is 0 Å². The molecule has 0 atom stereocenters. The highest BCUT2D eigenvalue weighted by atomic mass is 79.9. The third-order valence-corrected chi connectivity index (χ3v) is 3.24. The molecule has 2 rings (SSSR count). The summed E-state index contributed by atoms with van der Waals surface area (Å²) in [4.78, 5) is 6.39. The lowest BCUT2D eigenvalue weighted by Gasteiger charge is -2.18. The van der Waals surface area contributed by atoms with E-state index in [0.717, 1.165) is 22.4 Å². The zero-order chi connectivity index (χ0) is 13.0. The fourth-order valence-corrected chi connectivity index (χ4v) is 1.95. The zero-order valence-corrected chi connectivity index (χ0v) is 11.8. The molecule has 1 aromatic heterocycles. The van der Waals surface area contributed by atoms with Gasteiger partial charge in [-0.15, -0.1) is 0 Å². The number of aliphatic hydroxyl groups is 1. The van der Waals surface area contributed by atoms with Crippen molar-refractivity contribution >= 4 is 21.7 Å². The Bertz CT molecular complexity index is 496. The van der Waals surface area contributed by atoms with Crippen LogP contribution >= 0.6 is 15.9 Å². The van der Waals surface area contributed by atoms with E-state index in [4.69, 9.17) is 5.11 Å². The number of aromatic nitrogens is 1. The van der Waals surface area contributed by atoms with Gasteiger partial charge in [0, 0.05) is 24.3 Å². The standard InChI is InChI=1S/C14H15BrN2O/c1-17(9-11-2-5-13(15)6-3-11)14-7-4-12(10-18)8-16-14/h2-8,18H,9-10H2,1H3. The van der Waals surface area contributed by atoms with E-state index in [0.29, 0.717) is 0 Å². The van der Waals surface area contributed by atoms with E-state index >= 15 is 0 Å². The van der Waals surface area contributed by atoms with Gasteiger partial charge in [0.25, 0.3) is 0 Å². The maximum Gasteiger partial charge on any atom is 0.128 e. The molecule has 1 heterocycles. The predicted octanol–water partition coefficient (Wildman–Crippen LogP) is 2.97. The molecule has 0 aliphatic heterocycles. The molecule has 0 aliphatic rings. The molecule has 0 unspecified atom stereocenters. The Labute approximate surface area is 115 Å². The fourth-order valence-electron chi connectivity index (χ4n) is 1.68. The average Bonchev–Trinajstić information content (AvgIpc) is 2.41. The number of pyridine rings is 1. The molecule has 1 N–H and O–H groups in total. The van der Waals surface area contributed by atoms with Gasteiger partial charge < -0.3 is 10.0 Å².